The number of aromatic nitrogens is 1. The van der Waals surface area contributed by atoms with Crippen molar-refractivity contribution in [3.63, 3.8) is 0 Å². The molecule has 23 heavy (non-hydrogen) atoms. The van der Waals surface area contributed by atoms with Crippen LogP contribution in [0.25, 0.3) is 6.08 Å². The van der Waals surface area contributed by atoms with Gasteiger partial charge in [0.2, 0.25) is 0 Å². The third-order valence-corrected chi connectivity index (χ3v) is 5.61. The van der Waals surface area contributed by atoms with E-state index >= 15 is 0 Å². The summed E-state index contributed by atoms with van der Waals surface area (Å²) in [4.78, 5) is 0. The number of nitrogens with zero attached hydrogens (tertiary/aromatic N) is 1. The van der Waals surface area contributed by atoms with Crippen molar-refractivity contribution in [1.82, 2.24) is 4.57 Å². The fraction of sp³-hybridized carbons (Fsp3) is 0.364. The third-order valence-electron chi connectivity index (χ3n) is 5.61. The number of aryl methyl sites for hydroxylation is 1. The van der Waals surface area contributed by atoms with Crippen molar-refractivity contribution in [3.8, 4) is 0 Å². The quantitative estimate of drug-likeness (QED) is 0.672. The lowest BCUT2D eigenvalue weighted by molar-refractivity contribution is 0.351. The number of fused-ring (bicyclic) bond motifs is 1. The number of hydrogen-bond donors (Lipinski definition) is 0. The summed E-state index contributed by atoms with van der Waals surface area (Å²) in [6, 6.07) is 2.27. The zero-order chi connectivity index (χ0) is 16.7. The number of rotatable bonds is 2. The van der Waals surface area contributed by atoms with Crippen molar-refractivity contribution >= 4 is 6.08 Å². The molecule has 2 atom stereocenters. The predicted octanol–water partition coefficient (Wildman–Crippen LogP) is 5.58. The van der Waals surface area contributed by atoms with E-state index in [9.17, 15) is 0 Å². The second-order valence-electron chi connectivity index (χ2n) is 7.44. The summed E-state index contributed by atoms with van der Waals surface area (Å²) < 4.78 is 2.21. The molecule has 1 heterocycles. The van der Waals surface area contributed by atoms with Crippen molar-refractivity contribution in [2.45, 2.75) is 33.1 Å². The largest absolute Gasteiger partial charge is 0.351 e. The highest BCUT2D eigenvalue weighted by Gasteiger charge is 2.42. The van der Waals surface area contributed by atoms with Gasteiger partial charge in [0, 0.05) is 29.8 Å². The van der Waals surface area contributed by atoms with Gasteiger partial charge in [-0.1, -0.05) is 76.3 Å². The molecule has 0 saturated carbocycles. The molecule has 2 unspecified atom stereocenters. The van der Waals surface area contributed by atoms with Gasteiger partial charge in [0.05, 0.1) is 0 Å². The van der Waals surface area contributed by atoms with Crippen LogP contribution in [0.3, 0.4) is 0 Å². The van der Waals surface area contributed by atoms with E-state index in [-0.39, 0.29) is 10.8 Å². The number of allylic oxidation sites excluding steroid dienone is 9. The Kier molecular flexibility index (Phi) is 3.83. The van der Waals surface area contributed by atoms with Gasteiger partial charge in [-0.3, -0.25) is 0 Å². The van der Waals surface area contributed by atoms with E-state index in [0.29, 0.717) is 5.92 Å². The monoisotopic (exact) mass is 305 g/mol. The molecule has 120 valence electrons. The minimum absolute atomic E-state index is 0.0707. The van der Waals surface area contributed by atoms with Crippen molar-refractivity contribution in [1.29, 1.82) is 0 Å². The van der Waals surface area contributed by atoms with Gasteiger partial charge >= 0.3 is 0 Å². The third kappa shape index (κ3) is 2.49. The minimum Gasteiger partial charge on any atom is -0.351 e. The summed E-state index contributed by atoms with van der Waals surface area (Å²) in [7, 11) is 2.12. The van der Waals surface area contributed by atoms with Gasteiger partial charge < -0.3 is 4.57 Å². The number of hydrogen-bond acceptors (Lipinski definition) is 0. The molecule has 0 amide bonds. The van der Waals surface area contributed by atoms with Crippen LogP contribution >= 0.6 is 0 Å². The smallest absolute Gasteiger partial charge is 0.0445 e. The van der Waals surface area contributed by atoms with Crippen molar-refractivity contribution < 1.29 is 0 Å². The lowest BCUT2D eigenvalue weighted by Crippen LogP contribution is -2.37. The average Bonchev–Trinajstić information content (AvgIpc) is 2.67. The van der Waals surface area contributed by atoms with Gasteiger partial charge in [0.15, 0.2) is 0 Å². The SMILES string of the molecule is CC(C)C1=CC=CC(C)(C2(C)C=CC=Cc3c2ccn3C)C=C1. The standard InChI is InChI=1S/C22H27N/c1-17(2)18-9-8-13-21(3,15-11-18)22(4)14-7-6-10-20-19(22)12-16-23(20)5/h6-17H,1-5H3. The van der Waals surface area contributed by atoms with E-state index in [1.165, 1.54) is 16.8 Å². The molecule has 0 aromatic carbocycles. The van der Waals surface area contributed by atoms with E-state index in [4.69, 9.17) is 0 Å². The van der Waals surface area contributed by atoms with Gasteiger partial charge in [0.1, 0.15) is 0 Å². The first kappa shape index (κ1) is 15.9. The Bertz CT molecular complexity index is 751. The first-order chi connectivity index (χ1) is 10.9. The second kappa shape index (κ2) is 5.56. The molecule has 0 aliphatic heterocycles. The maximum atomic E-state index is 2.38. The van der Waals surface area contributed by atoms with Crippen LogP contribution < -0.4 is 0 Å². The van der Waals surface area contributed by atoms with Crippen molar-refractivity contribution in [2.75, 3.05) is 0 Å². The van der Waals surface area contributed by atoms with Crippen LogP contribution in [-0.2, 0) is 12.5 Å². The zero-order valence-electron chi connectivity index (χ0n) is 14.9. The van der Waals surface area contributed by atoms with Gasteiger partial charge in [-0.2, -0.15) is 0 Å². The Labute approximate surface area is 140 Å². The van der Waals surface area contributed by atoms with Crippen LogP contribution in [0.1, 0.15) is 39.0 Å². The molecule has 0 saturated heterocycles. The van der Waals surface area contributed by atoms with Crippen molar-refractivity contribution in [2.24, 2.45) is 18.4 Å². The molecule has 0 bridgehead atoms. The highest BCUT2D eigenvalue weighted by molar-refractivity contribution is 5.60. The van der Waals surface area contributed by atoms with Crippen LogP contribution in [0.2, 0.25) is 0 Å². The van der Waals surface area contributed by atoms with Crippen LogP contribution in [0.15, 0.2) is 66.4 Å². The molecule has 0 fully saturated rings. The lowest BCUT2D eigenvalue weighted by Gasteiger charge is -2.41. The second-order valence-corrected chi connectivity index (χ2v) is 7.44. The molecule has 0 radical (unpaired) electrons. The molecular formula is C22H27N. The van der Waals surface area contributed by atoms with Crippen LogP contribution in [0.5, 0.6) is 0 Å². The Morgan fingerprint density at radius 1 is 0.957 bits per heavy atom. The van der Waals surface area contributed by atoms with Crippen LogP contribution in [0, 0.1) is 11.3 Å². The van der Waals surface area contributed by atoms with E-state index in [2.05, 4.69) is 106 Å². The van der Waals surface area contributed by atoms with Crippen molar-refractivity contribution in [3.05, 3.63) is 77.7 Å². The summed E-state index contributed by atoms with van der Waals surface area (Å²) >= 11 is 0. The highest BCUT2D eigenvalue weighted by atomic mass is 14.9. The molecule has 1 heteroatoms. The fourth-order valence-electron chi connectivity index (χ4n) is 3.61. The normalized spacial score (nSPS) is 29.4. The van der Waals surface area contributed by atoms with Crippen LogP contribution in [-0.4, -0.2) is 4.57 Å². The molecular weight excluding hydrogens is 278 g/mol. The van der Waals surface area contributed by atoms with Gasteiger partial charge in [-0.05, 0) is 29.2 Å². The fourth-order valence-corrected chi connectivity index (χ4v) is 3.61. The van der Waals surface area contributed by atoms with E-state index in [1.807, 2.05) is 0 Å². The lowest BCUT2D eigenvalue weighted by atomic mass is 9.61. The molecule has 0 spiro atoms. The predicted molar refractivity (Wildman–Crippen MR) is 100 cm³/mol. The highest BCUT2D eigenvalue weighted by Crippen LogP contribution is 2.48. The first-order valence-electron chi connectivity index (χ1n) is 8.48. The maximum absolute atomic E-state index is 2.38. The zero-order valence-corrected chi connectivity index (χ0v) is 14.9. The first-order valence-corrected chi connectivity index (χ1v) is 8.48. The Hall–Kier alpha value is -2.02. The minimum atomic E-state index is -0.0830. The van der Waals surface area contributed by atoms with E-state index in [1.54, 1.807) is 0 Å². The van der Waals surface area contributed by atoms with Gasteiger partial charge in [-0.25, -0.2) is 0 Å². The maximum Gasteiger partial charge on any atom is 0.0445 e. The Balaban J connectivity index is 2.12. The van der Waals surface area contributed by atoms with Gasteiger partial charge in [0.25, 0.3) is 0 Å². The summed E-state index contributed by atoms with van der Waals surface area (Å²) in [5.74, 6) is 0.546. The molecule has 3 rings (SSSR count). The molecule has 2 aliphatic rings. The summed E-state index contributed by atoms with van der Waals surface area (Å²) in [5.41, 5.74) is 3.91. The Morgan fingerprint density at radius 2 is 1.74 bits per heavy atom. The summed E-state index contributed by atoms with van der Waals surface area (Å²) in [6.45, 7) is 9.19. The topological polar surface area (TPSA) is 4.93 Å². The van der Waals surface area contributed by atoms with Crippen LogP contribution in [0.4, 0.5) is 0 Å². The Morgan fingerprint density at radius 3 is 2.48 bits per heavy atom. The van der Waals surface area contributed by atoms with Gasteiger partial charge in [-0.15, -0.1) is 0 Å². The molecule has 1 nitrogen and oxygen atoms in total. The average molecular weight is 305 g/mol. The summed E-state index contributed by atoms with van der Waals surface area (Å²) in [5, 5.41) is 0. The molecule has 1 aromatic rings. The molecule has 1 aromatic heterocycles. The summed E-state index contributed by atoms with van der Waals surface area (Å²) in [6.07, 6.45) is 22.6. The van der Waals surface area contributed by atoms with E-state index in [0.717, 1.165) is 0 Å². The molecule has 0 N–H and O–H groups in total. The van der Waals surface area contributed by atoms with E-state index < -0.39 is 0 Å². The molecule has 2 aliphatic carbocycles.